The maximum Gasteiger partial charge on any atom is 0.409 e. The first-order valence-corrected chi connectivity index (χ1v) is 13.4. The molecule has 1 saturated heterocycles. The molecule has 0 aliphatic carbocycles. The number of terminal acetylenes is 1. The van der Waals surface area contributed by atoms with Crippen LogP contribution >= 0.6 is 0 Å². The minimum absolute atomic E-state index is 0.0660. The summed E-state index contributed by atoms with van der Waals surface area (Å²) < 4.78 is 11.5. The zero-order valence-electron chi connectivity index (χ0n) is 23.0. The number of fused-ring (bicyclic) bond motifs is 1. The highest BCUT2D eigenvalue weighted by Gasteiger charge is 2.17. The molecule has 11 heteroatoms. The Morgan fingerprint density at radius 3 is 2.67 bits per heavy atom. The lowest BCUT2D eigenvalue weighted by molar-refractivity contribution is 0.0342. The van der Waals surface area contributed by atoms with Gasteiger partial charge in [-0.3, -0.25) is 15.0 Å². The number of carboxylic acid groups (broad SMARTS) is 1. The Hall–Kier alpha value is -5.18. The number of benzene rings is 3. The van der Waals surface area contributed by atoms with E-state index in [9.17, 15) is 9.59 Å². The van der Waals surface area contributed by atoms with Crippen LogP contribution in [0.1, 0.15) is 22.8 Å². The molecule has 214 valence electrons. The maximum absolute atomic E-state index is 13.1. The molecule has 4 N–H and O–H groups in total. The van der Waals surface area contributed by atoms with Gasteiger partial charge >= 0.3 is 6.09 Å². The van der Waals surface area contributed by atoms with Crippen molar-refractivity contribution in [1.82, 2.24) is 20.2 Å². The first-order chi connectivity index (χ1) is 20.4. The van der Waals surface area contributed by atoms with Gasteiger partial charge in [0.05, 0.1) is 18.9 Å². The van der Waals surface area contributed by atoms with Gasteiger partial charge in [-0.2, -0.15) is 4.98 Å². The number of hydrogen-bond donors (Lipinski definition) is 4. The maximum atomic E-state index is 13.1. The van der Waals surface area contributed by atoms with Crippen LogP contribution in [0.25, 0.3) is 10.8 Å². The molecule has 11 nitrogen and oxygen atoms in total. The monoisotopic (exact) mass is 566 g/mol. The van der Waals surface area contributed by atoms with Gasteiger partial charge in [0.15, 0.2) is 0 Å². The standard InChI is InChI=1S/C31H30N6O5/c1-3-21-16-22(29(38)33-20(2)19-37-12-14-41-15-13-37)18-23(17-21)34-30-32-11-10-28(36-30)42-27-9-8-26(35-31(39)40)24-6-4-5-7-25(24)27/h1,4-11,16-18,20,35H,12-15,19H2,2H3,(H,33,38)(H,39,40)(H,32,34,36). The summed E-state index contributed by atoms with van der Waals surface area (Å²) in [6.07, 6.45) is 6.07. The largest absolute Gasteiger partial charge is 0.465 e. The van der Waals surface area contributed by atoms with Gasteiger partial charge in [0.25, 0.3) is 5.91 Å². The Morgan fingerprint density at radius 1 is 1.12 bits per heavy atom. The minimum atomic E-state index is -1.16. The van der Waals surface area contributed by atoms with Crippen LogP contribution in [0.4, 0.5) is 22.1 Å². The molecule has 1 aliphatic heterocycles. The van der Waals surface area contributed by atoms with Gasteiger partial charge < -0.3 is 25.2 Å². The van der Waals surface area contributed by atoms with Gasteiger partial charge in [-0.05, 0) is 37.3 Å². The lowest BCUT2D eigenvalue weighted by Gasteiger charge is -2.29. The molecule has 1 aromatic heterocycles. The van der Waals surface area contributed by atoms with E-state index in [0.29, 0.717) is 52.2 Å². The van der Waals surface area contributed by atoms with Gasteiger partial charge in [-0.25, -0.2) is 9.78 Å². The van der Waals surface area contributed by atoms with Crippen LogP contribution in [0.15, 0.2) is 66.9 Å². The van der Waals surface area contributed by atoms with Crippen molar-refractivity contribution >= 4 is 40.1 Å². The van der Waals surface area contributed by atoms with E-state index in [2.05, 4.69) is 36.7 Å². The van der Waals surface area contributed by atoms with E-state index >= 15 is 0 Å². The van der Waals surface area contributed by atoms with E-state index in [0.717, 1.165) is 19.6 Å². The van der Waals surface area contributed by atoms with Crippen LogP contribution < -0.4 is 20.7 Å². The predicted molar refractivity (Wildman–Crippen MR) is 160 cm³/mol. The van der Waals surface area contributed by atoms with Crippen molar-refractivity contribution in [1.29, 1.82) is 0 Å². The number of nitrogens with one attached hydrogen (secondary N) is 3. The molecule has 3 aromatic carbocycles. The summed E-state index contributed by atoms with van der Waals surface area (Å²) in [6.45, 7) is 5.77. The second kappa shape index (κ2) is 13.0. The Morgan fingerprint density at radius 2 is 1.90 bits per heavy atom. The fraction of sp³-hybridized carbons (Fsp3) is 0.226. The summed E-state index contributed by atoms with van der Waals surface area (Å²) in [4.78, 5) is 35.3. The summed E-state index contributed by atoms with van der Waals surface area (Å²) in [5.41, 5.74) is 1.93. The molecule has 1 atom stereocenters. The molecular formula is C31H30N6O5. The number of ether oxygens (including phenoxy) is 2. The summed E-state index contributed by atoms with van der Waals surface area (Å²) in [5.74, 6) is 3.35. The van der Waals surface area contributed by atoms with E-state index < -0.39 is 6.09 Å². The van der Waals surface area contributed by atoms with E-state index in [4.69, 9.17) is 21.0 Å². The fourth-order valence-corrected chi connectivity index (χ4v) is 4.72. The zero-order chi connectivity index (χ0) is 29.5. The first kappa shape index (κ1) is 28.4. The van der Waals surface area contributed by atoms with Crippen molar-refractivity contribution < 1.29 is 24.2 Å². The molecule has 0 bridgehead atoms. The third-order valence-electron chi connectivity index (χ3n) is 6.60. The molecule has 0 saturated carbocycles. The minimum Gasteiger partial charge on any atom is -0.465 e. The zero-order valence-corrected chi connectivity index (χ0v) is 23.0. The molecular weight excluding hydrogens is 536 g/mol. The van der Waals surface area contributed by atoms with Crippen molar-refractivity contribution in [3.05, 3.63) is 78.0 Å². The lowest BCUT2D eigenvalue weighted by Crippen LogP contribution is -2.46. The Kier molecular flexibility index (Phi) is 8.77. The van der Waals surface area contributed by atoms with Gasteiger partial charge in [-0.1, -0.05) is 30.2 Å². The van der Waals surface area contributed by atoms with Crippen LogP contribution in [0.5, 0.6) is 11.6 Å². The number of carbonyl (C=O) groups excluding carboxylic acids is 1. The summed E-state index contributed by atoms with van der Waals surface area (Å²) >= 11 is 0. The highest BCUT2D eigenvalue weighted by atomic mass is 16.5. The number of nitrogens with zero attached hydrogens (tertiary/aromatic N) is 3. The summed E-state index contributed by atoms with van der Waals surface area (Å²) in [5, 5.41) is 19.1. The SMILES string of the molecule is C#Cc1cc(Nc2nccc(Oc3ccc(NC(=O)O)c4ccccc34)n2)cc(C(=O)NC(C)CN2CCOCC2)c1. The van der Waals surface area contributed by atoms with Crippen LogP contribution in [0.2, 0.25) is 0 Å². The van der Waals surface area contributed by atoms with Crippen LogP contribution in [-0.2, 0) is 4.74 Å². The van der Waals surface area contributed by atoms with Gasteiger partial charge in [0, 0.05) is 65.5 Å². The second-order valence-corrected chi connectivity index (χ2v) is 9.76. The number of hydrogen-bond acceptors (Lipinski definition) is 8. The summed E-state index contributed by atoms with van der Waals surface area (Å²) in [7, 11) is 0. The smallest absolute Gasteiger partial charge is 0.409 e. The number of aromatic nitrogens is 2. The van der Waals surface area contributed by atoms with Crippen molar-refractivity contribution in [3.63, 3.8) is 0 Å². The Balaban J connectivity index is 1.31. The van der Waals surface area contributed by atoms with E-state index in [1.807, 2.05) is 25.1 Å². The van der Waals surface area contributed by atoms with E-state index in [-0.39, 0.29) is 23.8 Å². The average molecular weight is 567 g/mol. The molecule has 1 unspecified atom stereocenters. The molecule has 5 rings (SSSR count). The number of rotatable bonds is 9. The van der Waals surface area contributed by atoms with Crippen LogP contribution in [0.3, 0.4) is 0 Å². The van der Waals surface area contributed by atoms with Gasteiger partial charge in [-0.15, -0.1) is 6.42 Å². The topological polar surface area (TPSA) is 138 Å². The highest BCUT2D eigenvalue weighted by Crippen LogP contribution is 2.34. The third kappa shape index (κ3) is 7.11. The Bertz CT molecular complexity index is 1650. The average Bonchev–Trinajstić information content (AvgIpc) is 2.98. The predicted octanol–water partition coefficient (Wildman–Crippen LogP) is 4.69. The lowest BCUT2D eigenvalue weighted by atomic mass is 10.1. The quantitative estimate of drug-likeness (QED) is 0.213. The number of amides is 2. The second-order valence-electron chi connectivity index (χ2n) is 9.76. The van der Waals surface area contributed by atoms with Crippen molar-refractivity contribution in [2.24, 2.45) is 0 Å². The molecule has 0 radical (unpaired) electrons. The van der Waals surface area contributed by atoms with Gasteiger partial charge in [0.1, 0.15) is 5.75 Å². The third-order valence-corrected chi connectivity index (χ3v) is 6.60. The molecule has 4 aromatic rings. The first-order valence-electron chi connectivity index (χ1n) is 13.4. The fourth-order valence-electron chi connectivity index (χ4n) is 4.72. The molecule has 42 heavy (non-hydrogen) atoms. The molecule has 1 aliphatic rings. The Labute approximate surface area is 242 Å². The van der Waals surface area contributed by atoms with Gasteiger partial charge in [0.2, 0.25) is 11.8 Å². The number of anilines is 3. The molecule has 2 heterocycles. The van der Waals surface area contributed by atoms with Crippen molar-refractivity contribution in [2.45, 2.75) is 13.0 Å². The normalized spacial score (nSPS) is 14.0. The summed E-state index contributed by atoms with van der Waals surface area (Å²) in [6, 6.07) is 17.2. The molecule has 2 amide bonds. The van der Waals surface area contributed by atoms with E-state index in [1.54, 1.807) is 48.7 Å². The van der Waals surface area contributed by atoms with Crippen molar-refractivity contribution in [2.75, 3.05) is 43.5 Å². The van der Waals surface area contributed by atoms with Crippen LogP contribution in [-0.4, -0.2) is 70.9 Å². The molecule has 1 fully saturated rings. The van der Waals surface area contributed by atoms with Crippen LogP contribution in [0, 0.1) is 12.3 Å². The molecule has 0 spiro atoms. The van der Waals surface area contributed by atoms with E-state index in [1.165, 1.54) is 0 Å². The highest BCUT2D eigenvalue weighted by molar-refractivity contribution is 6.02. The number of carbonyl (C=O) groups is 2. The number of morpholine rings is 1. The van der Waals surface area contributed by atoms with Crippen molar-refractivity contribution in [3.8, 4) is 24.0 Å².